The average Bonchev–Trinajstić information content (AvgIpc) is 2.77. The maximum Gasteiger partial charge on any atom is 0.241 e. The van der Waals surface area contributed by atoms with E-state index in [0.29, 0.717) is 6.61 Å². The number of hydrogen-bond acceptors (Lipinski definition) is 5. The van der Waals surface area contributed by atoms with Crippen molar-refractivity contribution in [3.05, 3.63) is 54.1 Å². The number of ether oxygens (including phenoxy) is 2. The van der Waals surface area contributed by atoms with Gasteiger partial charge in [0.05, 0.1) is 13.2 Å². The van der Waals surface area contributed by atoms with E-state index in [0.717, 1.165) is 56.4 Å². The highest BCUT2D eigenvalue weighted by Gasteiger charge is 2.25. The molecule has 1 fully saturated rings. The number of carbonyl (C=O) groups is 1. The van der Waals surface area contributed by atoms with Gasteiger partial charge in [-0.3, -0.25) is 14.6 Å². The number of carbonyl (C=O) groups excluding carboxylic acids is 1. The van der Waals surface area contributed by atoms with Gasteiger partial charge in [0.2, 0.25) is 5.91 Å². The summed E-state index contributed by atoms with van der Waals surface area (Å²) in [5.74, 6) is -0.561. The van der Waals surface area contributed by atoms with Crippen molar-refractivity contribution in [2.24, 2.45) is 0 Å². The van der Waals surface area contributed by atoms with E-state index in [1.807, 2.05) is 31.2 Å². The molecule has 162 valence electrons. The lowest BCUT2D eigenvalue weighted by atomic mass is 10.2. The molecule has 0 bridgehead atoms. The summed E-state index contributed by atoms with van der Waals surface area (Å²) in [5, 5.41) is 2.65. The number of rotatable bonds is 8. The molecule has 1 aliphatic heterocycles. The zero-order valence-corrected chi connectivity index (χ0v) is 17.2. The number of anilines is 1. The van der Waals surface area contributed by atoms with Gasteiger partial charge in [-0.2, -0.15) is 0 Å². The van der Waals surface area contributed by atoms with Crippen molar-refractivity contribution >= 4 is 11.6 Å². The third kappa shape index (κ3) is 5.90. The fraction of sp³-hybridized carbons (Fsp3) is 0.409. The minimum atomic E-state index is -0.981. The highest BCUT2D eigenvalue weighted by Crippen LogP contribution is 2.17. The molecular formula is C22H27F2N3O3. The van der Waals surface area contributed by atoms with Crippen molar-refractivity contribution in [3.63, 3.8) is 0 Å². The molecule has 3 rings (SSSR count). The lowest BCUT2D eigenvalue weighted by Gasteiger charge is -2.37. The Balaban J connectivity index is 1.39. The normalized spacial score (nSPS) is 16.1. The Labute approximate surface area is 175 Å². The summed E-state index contributed by atoms with van der Waals surface area (Å²) >= 11 is 0. The molecule has 1 aliphatic rings. The maximum atomic E-state index is 13.3. The number of piperazine rings is 1. The largest absolute Gasteiger partial charge is 0.497 e. The van der Waals surface area contributed by atoms with Crippen LogP contribution in [0.15, 0.2) is 42.5 Å². The number of halogens is 2. The summed E-state index contributed by atoms with van der Waals surface area (Å²) in [7, 11) is 1.63. The van der Waals surface area contributed by atoms with E-state index in [1.165, 1.54) is 6.07 Å². The monoisotopic (exact) mass is 419 g/mol. The molecule has 8 heteroatoms. The van der Waals surface area contributed by atoms with Crippen LogP contribution in [0.2, 0.25) is 0 Å². The van der Waals surface area contributed by atoms with E-state index >= 15 is 0 Å². The van der Waals surface area contributed by atoms with Crippen LogP contribution in [0.5, 0.6) is 11.5 Å². The third-order valence-corrected chi connectivity index (χ3v) is 5.26. The van der Waals surface area contributed by atoms with E-state index in [-0.39, 0.29) is 17.6 Å². The topological polar surface area (TPSA) is 54.0 Å². The van der Waals surface area contributed by atoms with Crippen LogP contribution in [-0.2, 0) is 4.79 Å². The van der Waals surface area contributed by atoms with Gasteiger partial charge in [0, 0.05) is 44.5 Å². The van der Waals surface area contributed by atoms with Crippen molar-refractivity contribution in [1.82, 2.24) is 9.80 Å². The Bertz CT molecular complexity index is 840. The number of hydrogen-bond donors (Lipinski definition) is 1. The maximum absolute atomic E-state index is 13.3. The summed E-state index contributed by atoms with van der Waals surface area (Å²) in [4.78, 5) is 16.8. The minimum absolute atomic E-state index is 0.239. The molecular weight excluding hydrogens is 392 g/mol. The van der Waals surface area contributed by atoms with Gasteiger partial charge >= 0.3 is 0 Å². The average molecular weight is 419 g/mol. The van der Waals surface area contributed by atoms with Gasteiger partial charge in [-0.25, -0.2) is 8.78 Å². The summed E-state index contributed by atoms with van der Waals surface area (Å²) in [5.41, 5.74) is 0.250. The predicted octanol–water partition coefficient (Wildman–Crippen LogP) is 3.00. The Hall–Kier alpha value is -2.71. The van der Waals surface area contributed by atoms with Crippen LogP contribution in [-0.4, -0.2) is 68.2 Å². The molecule has 0 spiro atoms. The van der Waals surface area contributed by atoms with Crippen molar-refractivity contribution in [2.75, 3.05) is 51.8 Å². The highest BCUT2D eigenvalue weighted by atomic mass is 19.2. The summed E-state index contributed by atoms with van der Waals surface area (Å²) in [6.07, 6.45) is 0. The van der Waals surface area contributed by atoms with E-state index in [1.54, 1.807) is 7.11 Å². The molecule has 1 heterocycles. The minimum Gasteiger partial charge on any atom is -0.497 e. The lowest BCUT2D eigenvalue weighted by Crippen LogP contribution is -2.53. The van der Waals surface area contributed by atoms with Crippen molar-refractivity contribution in [3.8, 4) is 11.5 Å². The summed E-state index contributed by atoms with van der Waals surface area (Å²) in [6, 6.07) is 10.5. The molecule has 30 heavy (non-hydrogen) atoms. The van der Waals surface area contributed by atoms with Crippen LogP contribution in [0.3, 0.4) is 0 Å². The number of amides is 1. The van der Waals surface area contributed by atoms with E-state index < -0.39 is 11.6 Å². The number of nitrogens with one attached hydrogen (secondary N) is 1. The molecule has 2 aromatic rings. The smallest absolute Gasteiger partial charge is 0.241 e. The van der Waals surface area contributed by atoms with Crippen LogP contribution in [0, 0.1) is 11.6 Å². The molecule has 1 atom stereocenters. The molecule has 1 saturated heterocycles. The van der Waals surface area contributed by atoms with Crippen molar-refractivity contribution in [1.29, 1.82) is 0 Å². The molecule has 6 nitrogen and oxygen atoms in total. The van der Waals surface area contributed by atoms with E-state index in [2.05, 4.69) is 15.1 Å². The second kappa shape index (κ2) is 10.4. The number of methoxy groups -OCH3 is 1. The molecule has 1 amide bonds. The second-order valence-corrected chi connectivity index (χ2v) is 7.20. The van der Waals surface area contributed by atoms with Crippen LogP contribution in [0.1, 0.15) is 6.92 Å². The quantitative estimate of drug-likeness (QED) is 0.713. The van der Waals surface area contributed by atoms with Crippen molar-refractivity contribution in [2.45, 2.75) is 13.0 Å². The molecule has 2 aromatic carbocycles. The summed E-state index contributed by atoms with van der Waals surface area (Å²) < 4.78 is 37.2. The van der Waals surface area contributed by atoms with Crippen molar-refractivity contribution < 1.29 is 23.0 Å². The van der Waals surface area contributed by atoms with Crippen LogP contribution < -0.4 is 14.8 Å². The number of benzene rings is 2. The van der Waals surface area contributed by atoms with E-state index in [9.17, 15) is 13.6 Å². The zero-order valence-electron chi connectivity index (χ0n) is 17.2. The van der Waals surface area contributed by atoms with Gasteiger partial charge in [0.25, 0.3) is 0 Å². The Morgan fingerprint density at radius 1 is 1.03 bits per heavy atom. The van der Waals surface area contributed by atoms with Crippen LogP contribution in [0.4, 0.5) is 14.5 Å². The summed E-state index contributed by atoms with van der Waals surface area (Å²) in [6.45, 7) is 6.35. The van der Waals surface area contributed by atoms with Crippen LogP contribution >= 0.6 is 0 Å². The fourth-order valence-electron chi connectivity index (χ4n) is 3.33. The van der Waals surface area contributed by atoms with Gasteiger partial charge < -0.3 is 14.8 Å². The molecule has 1 N–H and O–H groups in total. The first kappa shape index (κ1) is 22.0. The SMILES string of the molecule is COc1ccc(OCCN2CCN([C@H](C)C(=O)Nc3ccc(F)c(F)c3)CC2)cc1. The van der Waals surface area contributed by atoms with Gasteiger partial charge in [-0.1, -0.05) is 0 Å². The Morgan fingerprint density at radius 2 is 1.70 bits per heavy atom. The second-order valence-electron chi connectivity index (χ2n) is 7.20. The van der Waals surface area contributed by atoms with Gasteiger partial charge in [-0.15, -0.1) is 0 Å². The van der Waals surface area contributed by atoms with Gasteiger partial charge in [-0.05, 0) is 43.3 Å². The van der Waals surface area contributed by atoms with Gasteiger partial charge in [0.15, 0.2) is 11.6 Å². The molecule has 0 aliphatic carbocycles. The molecule has 0 unspecified atom stereocenters. The number of nitrogens with zero attached hydrogens (tertiary/aromatic N) is 2. The first-order valence-electron chi connectivity index (χ1n) is 9.95. The predicted molar refractivity (Wildman–Crippen MR) is 111 cm³/mol. The standard InChI is InChI=1S/C22H27F2N3O3/c1-16(22(28)25-17-3-8-20(23)21(24)15-17)27-11-9-26(10-12-27)13-14-30-19-6-4-18(29-2)5-7-19/h3-8,15-16H,9-14H2,1-2H3,(H,25,28)/t16-/m1/s1. The first-order valence-corrected chi connectivity index (χ1v) is 9.95. The first-order chi connectivity index (χ1) is 14.5. The molecule has 0 saturated carbocycles. The molecule has 0 aromatic heterocycles. The van der Waals surface area contributed by atoms with Gasteiger partial charge in [0.1, 0.15) is 18.1 Å². The lowest BCUT2D eigenvalue weighted by molar-refractivity contribution is -0.121. The van der Waals surface area contributed by atoms with E-state index in [4.69, 9.17) is 9.47 Å². The fourth-order valence-corrected chi connectivity index (χ4v) is 3.33. The Kier molecular flexibility index (Phi) is 7.59. The Morgan fingerprint density at radius 3 is 2.33 bits per heavy atom. The highest BCUT2D eigenvalue weighted by molar-refractivity contribution is 5.94. The third-order valence-electron chi connectivity index (χ3n) is 5.26. The molecule has 0 radical (unpaired) electrons. The van der Waals surface area contributed by atoms with Crippen LogP contribution in [0.25, 0.3) is 0 Å². The zero-order chi connectivity index (χ0) is 21.5.